The molecule has 0 radical (unpaired) electrons. The van der Waals surface area contributed by atoms with Crippen molar-refractivity contribution in [1.82, 2.24) is 14.8 Å². The fourth-order valence-electron chi connectivity index (χ4n) is 7.32. The largest absolute Gasteiger partial charge is 0.370 e. The molecule has 0 fully saturated rings. The number of allylic oxidation sites excluding steroid dienone is 2. The van der Waals surface area contributed by atoms with Crippen molar-refractivity contribution in [3.05, 3.63) is 162 Å². The minimum atomic E-state index is 0.185. The fraction of sp³-hybridized carbons (Fsp3) is 0.0732. The van der Waals surface area contributed by atoms with E-state index in [2.05, 4.69) is 179 Å². The van der Waals surface area contributed by atoms with Crippen LogP contribution in [0.1, 0.15) is 22.7 Å². The van der Waals surface area contributed by atoms with E-state index >= 15 is 0 Å². The van der Waals surface area contributed by atoms with Gasteiger partial charge in [-0.3, -0.25) is 4.57 Å². The van der Waals surface area contributed by atoms with Crippen LogP contribution in [-0.4, -0.2) is 16.5 Å². The van der Waals surface area contributed by atoms with Gasteiger partial charge in [-0.25, -0.2) is 0 Å². The van der Waals surface area contributed by atoms with Crippen molar-refractivity contribution in [3.63, 3.8) is 0 Å². The van der Waals surface area contributed by atoms with E-state index in [1.807, 2.05) is 0 Å². The van der Waals surface area contributed by atoms with E-state index in [0.717, 1.165) is 23.7 Å². The summed E-state index contributed by atoms with van der Waals surface area (Å²) in [5.74, 6) is 1.09. The Kier molecular flexibility index (Phi) is 5.82. The van der Waals surface area contributed by atoms with Crippen molar-refractivity contribution in [2.24, 2.45) is 0 Å². The van der Waals surface area contributed by atoms with Crippen molar-refractivity contribution < 1.29 is 0 Å². The van der Waals surface area contributed by atoms with Gasteiger partial charge >= 0.3 is 0 Å². The Balaban J connectivity index is 1.33. The lowest BCUT2D eigenvalue weighted by Crippen LogP contribution is -2.21. The molecule has 1 atom stereocenters. The first-order chi connectivity index (χ1) is 22.3. The third-order valence-corrected chi connectivity index (χ3v) is 9.37. The van der Waals surface area contributed by atoms with Crippen LogP contribution in [-0.2, 0) is 6.54 Å². The Morgan fingerprint density at radius 3 is 2.36 bits per heavy atom. The third-order valence-electron chi connectivity index (χ3n) is 9.37. The smallest absolute Gasteiger partial charge is 0.111 e. The number of benzene rings is 5. The SMILES string of the molecule is CN1C=CC=CC1c1cccc(N2c3ccccc3-c3c(n(C4=Cc5ccccc5CN4)c4ccccc34)-c3ccccc32)c1. The lowest BCUT2D eigenvalue weighted by Gasteiger charge is -2.30. The van der Waals surface area contributed by atoms with Gasteiger partial charge in [0.25, 0.3) is 0 Å². The highest BCUT2D eigenvalue weighted by Gasteiger charge is 2.32. The number of nitrogens with zero attached hydrogens (tertiary/aromatic N) is 3. The van der Waals surface area contributed by atoms with E-state index in [-0.39, 0.29) is 6.04 Å². The minimum Gasteiger partial charge on any atom is -0.370 e. The average Bonchev–Trinajstić information content (AvgIpc) is 3.37. The summed E-state index contributed by atoms with van der Waals surface area (Å²) in [5.41, 5.74) is 13.4. The molecular weight excluding hydrogens is 548 g/mol. The molecule has 6 aromatic rings. The number of aromatic nitrogens is 1. The molecule has 1 N–H and O–H groups in total. The second-order valence-corrected chi connectivity index (χ2v) is 12.0. The quantitative estimate of drug-likeness (QED) is 0.225. The second-order valence-electron chi connectivity index (χ2n) is 12.0. The highest BCUT2D eigenvalue weighted by molar-refractivity contribution is 6.13. The van der Waals surface area contributed by atoms with Gasteiger partial charge in [0, 0.05) is 41.4 Å². The van der Waals surface area contributed by atoms with Crippen LogP contribution in [0.25, 0.3) is 45.2 Å². The summed E-state index contributed by atoms with van der Waals surface area (Å²) < 4.78 is 2.45. The summed E-state index contributed by atoms with van der Waals surface area (Å²) >= 11 is 0. The van der Waals surface area contributed by atoms with E-state index < -0.39 is 0 Å². The summed E-state index contributed by atoms with van der Waals surface area (Å²) in [4.78, 5) is 4.71. The highest BCUT2D eigenvalue weighted by atomic mass is 15.2. The number of hydrogen-bond donors (Lipinski definition) is 1. The van der Waals surface area contributed by atoms with Crippen molar-refractivity contribution in [2.45, 2.75) is 12.6 Å². The molecule has 0 saturated carbocycles. The molecule has 45 heavy (non-hydrogen) atoms. The molecule has 0 bridgehead atoms. The van der Waals surface area contributed by atoms with Crippen LogP contribution in [0.3, 0.4) is 0 Å². The van der Waals surface area contributed by atoms with Crippen LogP contribution in [0.4, 0.5) is 17.1 Å². The van der Waals surface area contributed by atoms with Gasteiger partial charge < -0.3 is 15.1 Å². The molecule has 0 amide bonds. The fourth-order valence-corrected chi connectivity index (χ4v) is 7.32. The maximum atomic E-state index is 3.78. The lowest BCUT2D eigenvalue weighted by atomic mass is 9.98. The third kappa shape index (κ3) is 3.99. The maximum Gasteiger partial charge on any atom is 0.111 e. The molecule has 4 heterocycles. The van der Waals surface area contributed by atoms with Crippen LogP contribution in [0.5, 0.6) is 0 Å². The summed E-state index contributed by atoms with van der Waals surface area (Å²) in [6.45, 7) is 0.791. The topological polar surface area (TPSA) is 23.4 Å². The first-order valence-electron chi connectivity index (χ1n) is 15.6. The molecule has 0 aliphatic carbocycles. The number of hydrogen-bond acceptors (Lipinski definition) is 3. The number of fused-ring (bicyclic) bond motifs is 8. The summed E-state index contributed by atoms with van der Waals surface area (Å²) in [6, 6.07) is 44.5. The number of nitrogens with one attached hydrogen (secondary N) is 1. The van der Waals surface area contributed by atoms with Gasteiger partial charge in [0.15, 0.2) is 0 Å². The molecule has 1 aromatic heterocycles. The standard InChI is InChI=1S/C41H32N4/c1-43-24-11-10-20-35(43)29-15-12-16-31(25-29)44-36-21-7-4-17-32(36)40-33-18-5-8-22-37(33)45(41(40)34-19-6-9-23-38(34)44)39-26-28-13-2-3-14-30(28)27-42-39/h2-26,35,42H,27H2,1H3. The van der Waals surface area contributed by atoms with Crippen LogP contribution in [0.15, 0.2) is 146 Å². The highest BCUT2D eigenvalue weighted by Crippen LogP contribution is 2.54. The molecule has 4 heteroatoms. The van der Waals surface area contributed by atoms with Gasteiger partial charge in [0.2, 0.25) is 0 Å². The summed E-state index contributed by atoms with van der Waals surface area (Å²) in [7, 11) is 2.14. The Hall–Kier alpha value is -5.74. The number of likely N-dealkylation sites (N-methyl/N-ethyl adjacent to an activating group) is 1. The molecule has 4 nitrogen and oxygen atoms in total. The van der Waals surface area contributed by atoms with Crippen LogP contribution in [0.2, 0.25) is 0 Å². The normalized spacial score (nSPS) is 16.3. The van der Waals surface area contributed by atoms with Gasteiger partial charge in [-0.2, -0.15) is 0 Å². The molecule has 1 unspecified atom stereocenters. The number of para-hydroxylation sites is 3. The molecule has 0 saturated heterocycles. The lowest BCUT2D eigenvalue weighted by molar-refractivity contribution is 0.390. The zero-order valence-electron chi connectivity index (χ0n) is 25.1. The molecule has 216 valence electrons. The van der Waals surface area contributed by atoms with Gasteiger partial charge in [-0.05, 0) is 65.4 Å². The zero-order valence-corrected chi connectivity index (χ0v) is 25.1. The number of rotatable bonds is 3. The second kappa shape index (κ2) is 10.2. The van der Waals surface area contributed by atoms with Gasteiger partial charge in [-0.1, -0.05) is 103 Å². The van der Waals surface area contributed by atoms with Crippen LogP contribution < -0.4 is 10.2 Å². The molecule has 9 rings (SSSR count). The van der Waals surface area contributed by atoms with Crippen LogP contribution in [0, 0.1) is 0 Å². The Bertz CT molecular complexity index is 2210. The molecule has 3 aliphatic heterocycles. The number of anilines is 3. The van der Waals surface area contributed by atoms with Crippen molar-refractivity contribution in [2.75, 3.05) is 11.9 Å². The molecule has 3 aliphatic rings. The van der Waals surface area contributed by atoms with E-state index in [0.29, 0.717) is 0 Å². The molecular formula is C41H32N4. The molecule has 0 spiro atoms. The van der Waals surface area contributed by atoms with Crippen molar-refractivity contribution in [1.29, 1.82) is 0 Å². The molecule has 5 aromatic carbocycles. The Labute approximate surface area is 263 Å². The predicted molar refractivity (Wildman–Crippen MR) is 187 cm³/mol. The zero-order chi connectivity index (χ0) is 29.9. The van der Waals surface area contributed by atoms with E-state index in [4.69, 9.17) is 0 Å². The van der Waals surface area contributed by atoms with Gasteiger partial charge in [0.05, 0.1) is 28.6 Å². The van der Waals surface area contributed by atoms with Gasteiger partial charge in [-0.15, -0.1) is 0 Å². The summed E-state index contributed by atoms with van der Waals surface area (Å²) in [5, 5.41) is 5.02. The first-order valence-corrected chi connectivity index (χ1v) is 15.6. The van der Waals surface area contributed by atoms with Crippen molar-refractivity contribution in [3.8, 4) is 22.4 Å². The predicted octanol–water partition coefficient (Wildman–Crippen LogP) is 9.87. The monoisotopic (exact) mass is 580 g/mol. The Morgan fingerprint density at radius 1 is 0.711 bits per heavy atom. The van der Waals surface area contributed by atoms with Crippen LogP contribution >= 0.6 is 0 Å². The maximum absolute atomic E-state index is 3.78. The van der Waals surface area contributed by atoms with E-state index in [9.17, 15) is 0 Å². The van der Waals surface area contributed by atoms with Gasteiger partial charge in [0.1, 0.15) is 5.82 Å². The Morgan fingerprint density at radius 2 is 1.47 bits per heavy atom. The summed E-state index contributed by atoms with van der Waals surface area (Å²) in [6.07, 6.45) is 10.9. The first kappa shape index (κ1) is 25.7. The average molecular weight is 581 g/mol. The van der Waals surface area contributed by atoms with Crippen molar-refractivity contribution >= 4 is 39.9 Å². The minimum absolute atomic E-state index is 0.185. The van der Waals surface area contributed by atoms with E-state index in [1.54, 1.807) is 0 Å². The van der Waals surface area contributed by atoms with E-state index in [1.165, 1.54) is 55.7 Å².